The lowest BCUT2D eigenvalue weighted by Crippen LogP contribution is -2.46. The SMILES string of the molecule is C=CCC=CC(=O)SCCNC(=O)CCNC(=O)C(O)C(C)(C)COP(=O)([O-])OP(=O)([O-])OCC1OC(C)(n2cnc3c(N)ncnc32)C(O)C1OP(=O)([O-])[O-]. The molecule has 7 unspecified atom stereocenters. The van der Waals surface area contributed by atoms with Crippen LogP contribution in [0.15, 0.2) is 37.5 Å². The molecule has 314 valence electrons. The van der Waals surface area contributed by atoms with Crippen molar-refractivity contribution in [3.8, 4) is 0 Å². The Labute approximate surface area is 323 Å². The second-order valence-electron chi connectivity index (χ2n) is 12.6. The number of aliphatic hydroxyl groups excluding tert-OH is 2. The van der Waals surface area contributed by atoms with Crippen LogP contribution >= 0.6 is 35.2 Å². The number of rotatable bonds is 22. The molecule has 1 fully saturated rings. The van der Waals surface area contributed by atoms with Crippen molar-refractivity contribution >= 4 is 69.1 Å². The van der Waals surface area contributed by atoms with Crippen LogP contribution in [0.2, 0.25) is 0 Å². The molecule has 24 nitrogen and oxygen atoms in total. The zero-order valence-corrected chi connectivity index (χ0v) is 33.5. The zero-order valence-electron chi connectivity index (χ0n) is 30.0. The van der Waals surface area contributed by atoms with E-state index in [4.69, 9.17) is 10.5 Å². The van der Waals surface area contributed by atoms with Gasteiger partial charge in [-0.1, -0.05) is 37.8 Å². The van der Waals surface area contributed by atoms with Crippen LogP contribution in [-0.2, 0) is 56.4 Å². The molecule has 0 aliphatic carbocycles. The number of hydrogen-bond donors (Lipinski definition) is 5. The van der Waals surface area contributed by atoms with Crippen molar-refractivity contribution in [3.63, 3.8) is 0 Å². The van der Waals surface area contributed by atoms with E-state index in [0.717, 1.165) is 29.0 Å². The molecule has 1 aliphatic rings. The summed E-state index contributed by atoms with van der Waals surface area (Å²) in [6.45, 7) is 4.73. The van der Waals surface area contributed by atoms with Crippen molar-refractivity contribution < 1.29 is 80.5 Å². The van der Waals surface area contributed by atoms with Gasteiger partial charge in [0.1, 0.15) is 36.3 Å². The highest BCUT2D eigenvalue weighted by atomic mass is 32.2. The van der Waals surface area contributed by atoms with Gasteiger partial charge in [0.25, 0.3) is 15.6 Å². The highest BCUT2D eigenvalue weighted by molar-refractivity contribution is 8.14. The highest BCUT2D eigenvalue weighted by Crippen LogP contribution is 2.56. The number of carbonyl (C=O) groups excluding carboxylic acids is 3. The molecule has 0 aromatic carbocycles. The number of imidazole rings is 1. The first-order valence-electron chi connectivity index (χ1n) is 16.2. The number of hydrogen-bond acceptors (Lipinski definition) is 22. The molecular formula is C28H40N7O17P3S-4. The van der Waals surface area contributed by atoms with Crippen LogP contribution in [-0.4, -0.2) is 103 Å². The van der Waals surface area contributed by atoms with E-state index in [1.54, 1.807) is 12.2 Å². The zero-order chi connectivity index (χ0) is 42.1. The highest BCUT2D eigenvalue weighted by Gasteiger charge is 2.55. The average Bonchev–Trinajstić information content (AvgIpc) is 3.64. The van der Waals surface area contributed by atoms with Gasteiger partial charge in [0.05, 0.1) is 27.4 Å². The van der Waals surface area contributed by atoms with E-state index in [-0.39, 0.29) is 41.6 Å². The lowest BCUT2D eigenvalue weighted by Gasteiger charge is -2.36. The number of thioether (sulfide) groups is 1. The summed E-state index contributed by atoms with van der Waals surface area (Å²) < 4.78 is 61.0. The number of amides is 2. The van der Waals surface area contributed by atoms with Gasteiger partial charge in [-0.15, -0.1) is 6.58 Å². The van der Waals surface area contributed by atoms with Gasteiger partial charge in [-0.3, -0.25) is 28.1 Å². The Morgan fingerprint density at radius 2 is 1.82 bits per heavy atom. The molecule has 0 radical (unpaired) electrons. The summed E-state index contributed by atoms with van der Waals surface area (Å²) in [5.74, 6) is -1.28. The van der Waals surface area contributed by atoms with Gasteiger partial charge in [-0.25, -0.2) is 19.3 Å². The number of nitrogens with two attached hydrogens (primary N) is 1. The predicted molar refractivity (Wildman–Crippen MR) is 187 cm³/mol. The van der Waals surface area contributed by atoms with E-state index in [9.17, 15) is 57.9 Å². The summed E-state index contributed by atoms with van der Waals surface area (Å²) in [5, 5.41) is 26.2. The third-order valence-electron chi connectivity index (χ3n) is 7.76. The van der Waals surface area contributed by atoms with E-state index in [2.05, 4.69) is 50.0 Å². The minimum Gasteiger partial charge on any atom is -0.790 e. The van der Waals surface area contributed by atoms with E-state index in [1.807, 2.05) is 0 Å². The molecule has 3 heterocycles. The van der Waals surface area contributed by atoms with Crippen LogP contribution in [0, 0.1) is 5.41 Å². The Morgan fingerprint density at radius 3 is 2.48 bits per heavy atom. The van der Waals surface area contributed by atoms with Gasteiger partial charge in [0.2, 0.25) is 16.9 Å². The molecule has 0 saturated carbocycles. The minimum atomic E-state index is -5.94. The molecule has 1 saturated heterocycles. The Bertz CT molecular complexity index is 1910. The number of carbonyl (C=O) groups is 3. The second-order valence-corrected chi connectivity index (χ2v) is 17.8. The first kappa shape index (κ1) is 47.4. The van der Waals surface area contributed by atoms with Crippen LogP contribution in [0.25, 0.3) is 11.2 Å². The number of aliphatic hydroxyl groups is 2. The first-order valence-corrected chi connectivity index (χ1v) is 21.6. The van der Waals surface area contributed by atoms with Gasteiger partial charge in [0.15, 0.2) is 17.2 Å². The van der Waals surface area contributed by atoms with E-state index in [1.165, 1.54) is 26.8 Å². The number of nitrogens with zero attached hydrogens (tertiary/aromatic N) is 4. The van der Waals surface area contributed by atoms with Crippen molar-refractivity contribution in [1.82, 2.24) is 30.2 Å². The molecule has 56 heavy (non-hydrogen) atoms. The summed E-state index contributed by atoms with van der Waals surface area (Å²) in [6.07, 6.45) is -0.909. The standard InChI is InChI=1S/C28H44N7O17P3S/c1-5-6-7-8-19(37)56-12-11-30-18(36)9-10-31-26(40)23(39)27(2,3)14-49-55(46,47)52-54(44,45)48-13-17-21(51-53(41,42)43)22(38)28(4,50-17)35-16-34-20-24(29)32-15-33-25(20)35/h5,7-8,15-17,21-23,38-39H,1,6,9-14H2,2-4H3,(H,30,36)(H,31,40)(H,44,45)(H,46,47)(H2,29,32,33)(H2,41,42,43)/p-4. The van der Waals surface area contributed by atoms with Gasteiger partial charge in [-0.2, -0.15) is 0 Å². The topological polar surface area (TPSA) is 375 Å². The lowest BCUT2D eigenvalue weighted by molar-refractivity contribution is -0.347. The second kappa shape index (κ2) is 19.7. The normalized spacial score (nSPS) is 23.1. The monoisotopic (exact) mass is 871 g/mol. The molecule has 6 N–H and O–H groups in total. The summed E-state index contributed by atoms with van der Waals surface area (Å²) in [7, 11) is -17.7. The van der Waals surface area contributed by atoms with Crippen LogP contribution < -0.4 is 35.9 Å². The largest absolute Gasteiger partial charge is 0.790 e. The van der Waals surface area contributed by atoms with Gasteiger partial charge < -0.3 is 69.0 Å². The molecule has 2 aromatic rings. The summed E-state index contributed by atoms with van der Waals surface area (Å²) in [6, 6.07) is 0. The quantitative estimate of drug-likeness (QED) is 0.0352. The van der Waals surface area contributed by atoms with E-state index < -0.39 is 84.1 Å². The van der Waals surface area contributed by atoms with Gasteiger partial charge in [0, 0.05) is 30.7 Å². The Morgan fingerprint density at radius 1 is 1.14 bits per heavy atom. The maximum atomic E-state index is 12.6. The average molecular weight is 872 g/mol. The molecule has 0 spiro atoms. The third kappa shape index (κ3) is 13.6. The van der Waals surface area contributed by atoms with Gasteiger partial charge in [-0.05, 0) is 19.4 Å². The maximum absolute atomic E-state index is 12.6. The fraction of sp³-hybridized carbons (Fsp3) is 0.571. The van der Waals surface area contributed by atoms with Crippen molar-refractivity contribution in [3.05, 3.63) is 37.5 Å². The Hall–Kier alpha value is -2.96. The van der Waals surface area contributed by atoms with E-state index in [0.29, 0.717) is 12.2 Å². The molecule has 7 atom stereocenters. The number of anilines is 1. The number of phosphoric acid groups is 3. The van der Waals surface area contributed by atoms with Crippen LogP contribution in [0.3, 0.4) is 0 Å². The number of allylic oxidation sites excluding steroid dienone is 2. The van der Waals surface area contributed by atoms with E-state index >= 15 is 0 Å². The van der Waals surface area contributed by atoms with Crippen molar-refractivity contribution in [1.29, 1.82) is 0 Å². The fourth-order valence-electron chi connectivity index (χ4n) is 4.88. The third-order valence-corrected chi connectivity index (χ3v) is 11.6. The molecule has 3 rings (SSSR count). The first-order chi connectivity index (χ1) is 25.9. The lowest BCUT2D eigenvalue weighted by atomic mass is 9.87. The summed E-state index contributed by atoms with van der Waals surface area (Å²) >= 11 is 0.988. The van der Waals surface area contributed by atoms with Crippen molar-refractivity contribution in [2.45, 2.75) is 63.8 Å². The molecule has 2 amide bonds. The van der Waals surface area contributed by atoms with Crippen molar-refractivity contribution in [2.75, 3.05) is 37.8 Å². The number of fused-ring (bicyclic) bond motifs is 1. The number of nitrogens with one attached hydrogen (secondary N) is 2. The number of aromatic nitrogens is 4. The molecular weight excluding hydrogens is 831 g/mol. The Kier molecular flexibility index (Phi) is 16.6. The minimum absolute atomic E-state index is 0.0332. The van der Waals surface area contributed by atoms with Crippen LogP contribution in [0.4, 0.5) is 5.82 Å². The molecule has 0 bridgehead atoms. The Balaban J connectivity index is 1.52. The number of ether oxygens (including phenoxy) is 1. The van der Waals surface area contributed by atoms with Crippen LogP contribution in [0.1, 0.15) is 33.6 Å². The number of nitrogen functional groups attached to an aromatic ring is 1. The number of phosphoric ester groups is 3. The maximum Gasteiger partial charge on any atom is 0.274 e. The van der Waals surface area contributed by atoms with Crippen molar-refractivity contribution in [2.24, 2.45) is 5.41 Å². The van der Waals surface area contributed by atoms with Gasteiger partial charge >= 0.3 is 0 Å². The molecule has 28 heteroatoms. The smallest absolute Gasteiger partial charge is 0.274 e. The van der Waals surface area contributed by atoms with Crippen LogP contribution in [0.5, 0.6) is 0 Å². The predicted octanol–water partition coefficient (Wildman–Crippen LogP) is -2.56. The molecule has 1 aliphatic heterocycles. The fourth-order valence-corrected chi connectivity index (χ4v) is 8.20. The summed E-state index contributed by atoms with van der Waals surface area (Å²) in [5.41, 5.74) is 2.01. The molecule has 2 aromatic heterocycles. The summed E-state index contributed by atoms with van der Waals surface area (Å²) in [4.78, 5) is 96.0.